The quantitative estimate of drug-likeness (QED) is 0.914. The number of halogens is 2. The van der Waals surface area contributed by atoms with Gasteiger partial charge in [0.05, 0.1) is 18.8 Å². The molecule has 1 aliphatic rings. The number of benzene rings is 1. The Morgan fingerprint density at radius 1 is 1.26 bits per heavy atom. The molecule has 2 N–H and O–H groups in total. The zero-order valence-corrected chi connectivity index (χ0v) is 11.3. The third-order valence-electron chi connectivity index (χ3n) is 3.53. The fraction of sp³-hybridized carbons (Fsp3) is 0.571. The zero-order chi connectivity index (χ0) is 14.0. The van der Waals surface area contributed by atoms with E-state index >= 15 is 0 Å². The molecule has 1 fully saturated rings. The van der Waals surface area contributed by atoms with Crippen LogP contribution >= 0.6 is 0 Å². The van der Waals surface area contributed by atoms with Crippen molar-refractivity contribution in [3.8, 4) is 0 Å². The molecule has 2 unspecified atom stereocenters. The van der Waals surface area contributed by atoms with Gasteiger partial charge in [-0.1, -0.05) is 0 Å². The first kappa shape index (κ1) is 14.4. The topological polar surface area (TPSA) is 38.5 Å². The summed E-state index contributed by atoms with van der Waals surface area (Å²) in [7, 11) is 0. The fourth-order valence-electron chi connectivity index (χ4n) is 2.36. The maximum Gasteiger partial charge on any atom is 0.126 e. The van der Waals surface area contributed by atoms with Gasteiger partial charge >= 0.3 is 0 Å². The van der Waals surface area contributed by atoms with Gasteiger partial charge < -0.3 is 10.5 Å². The number of nitrogens with zero attached hydrogens (tertiary/aromatic N) is 1. The summed E-state index contributed by atoms with van der Waals surface area (Å²) in [4.78, 5) is 2.25. The van der Waals surface area contributed by atoms with E-state index in [1.54, 1.807) is 0 Å². The summed E-state index contributed by atoms with van der Waals surface area (Å²) in [6.45, 7) is 6.34. The van der Waals surface area contributed by atoms with Crippen molar-refractivity contribution >= 4 is 0 Å². The monoisotopic (exact) mass is 270 g/mol. The molecular formula is C14H20F2N2O. The second-order valence-corrected chi connectivity index (χ2v) is 5.23. The fourth-order valence-corrected chi connectivity index (χ4v) is 2.36. The molecule has 0 spiro atoms. The molecule has 1 aromatic carbocycles. The smallest absolute Gasteiger partial charge is 0.126 e. The highest BCUT2D eigenvalue weighted by atomic mass is 19.1. The number of hydrogen-bond acceptors (Lipinski definition) is 3. The lowest BCUT2D eigenvalue weighted by Crippen LogP contribution is -2.49. The van der Waals surface area contributed by atoms with Gasteiger partial charge in [-0.3, -0.25) is 4.90 Å². The summed E-state index contributed by atoms with van der Waals surface area (Å²) in [5, 5.41) is 0. The molecule has 3 nitrogen and oxygen atoms in total. The summed E-state index contributed by atoms with van der Waals surface area (Å²) >= 11 is 0. The lowest BCUT2D eigenvalue weighted by Gasteiger charge is -2.38. The van der Waals surface area contributed by atoms with Crippen LogP contribution in [0.3, 0.4) is 0 Å². The summed E-state index contributed by atoms with van der Waals surface area (Å²) in [5.41, 5.74) is 6.52. The molecule has 19 heavy (non-hydrogen) atoms. The zero-order valence-electron chi connectivity index (χ0n) is 11.3. The van der Waals surface area contributed by atoms with Crippen LogP contribution in [-0.2, 0) is 4.74 Å². The van der Waals surface area contributed by atoms with Crippen LogP contribution in [0.25, 0.3) is 0 Å². The molecule has 0 aromatic heterocycles. The number of morpholine rings is 1. The number of ether oxygens (including phenoxy) is 1. The Kier molecular flexibility index (Phi) is 4.50. The van der Waals surface area contributed by atoms with Crippen LogP contribution in [0.15, 0.2) is 18.2 Å². The second kappa shape index (κ2) is 5.94. The van der Waals surface area contributed by atoms with Gasteiger partial charge in [0.15, 0.2) is 0 Å². The summed E-state index contributed by atoms with van der Waals surface area (Å²) in [6.07, 6.45) is -0.239. The van der Waals surface area contributed by atoms with E-state index in [0.717, 1.165) is 12.6 Å². The van der Waals surface area contributed by atoms with Gasteiger partial charge in [0.1, 0.15) is 11.6 Å². The van der Waals surface area contributed by atoms with Crippen LogP contribution in [0.4, 0.5) is 8.78 Å². The molecule has 0 saturated carbocycles. The van der Waals surface area contributed by atoms with Gasteiger partial charge in [0.2, 0.25) is 0 Å². The van der Waals surface area contributed by atoms with E-state index in [4.69, 9.17) is 10.5 Å². The average Bonchev–Trinajstić information content (AvgIpc) is 2.37. The Morgan fingerprint density at radius 3 is 2.47 bits per heavy atom. The first-order valence-electron chi connectivity index (χ1n) is 6.54. The molecule has 0 amide bonds. The maximum atomic E-state index is 13.2. The normalized spacial score (nSPS) is 22.7. The van der Waals surface area contributed by atoms with Crippen LogP contribution < -0.4 is 5.73 Å². The van der Waals surface area contributed by atoms with E-state index in [9.17, 15) is 8.78 Å². The predicted octanol–water partition coefficient (Wildman–Crippen LogP) is 2.07. The molecule has 0 aliphatic carbocycles. The van der Waals surface area contributed by atoms with Gasteiger partial charge in [-0.15, -0.1) is 0 Å². The van der Waals surface area contributed by atoms with Crippen molar-refractivity contribution < 1.29 is 13.5 Å². The third-order valence-corrected chi connectivity index (χ3v) is 3.53. The highest BCUT2D eigenvalue weighted by molar-refractivity contribution is 5.22. The van der Waals surface area contributed by atoms with Crippen LogP contribution in [0, 0.1) is 11.6 Å². The second-order valence-electron chi connectivity index (χ2n) is 5.23. The van der Waals surface area contributed by atoms with E-state index in [1.807, 2.05) is 0 Å². The first-order valence-corrected chi connectivity index (χ1v) is 6.54. The standard InChI is InChI=1S/C14H20F2N2O/c1-9(2)18-3-4-19-13(8-18)14(17)10-5-11(15)7-12(16)6-10/h5-7,9,13-14H,3-4,8,17H2,1-2H3. The highest BCUT2D eigenvalue weighted by Crippen LogP contribution is 2.22. The highest BCUT2D eigenvalue weighted by Gasteiger charge is 2.28. The lowest BCUT2D eigenvalue weighted by molar-refractivity contribution is -0.0503. The Hall–Kier alpha value is -1.04. The van der Waals surface area contributed by atoms with Crippen LogP contribution in [0.2, 0.25) is 0 Å². The number of hydrogen-bond donors (Lipinski definition) is 1. The molecular weight excluding hydrogens is 250 g/mol. The largest absolute Gasteiger partial charge is 0.374 e. The predicted molar refractivity (Wildman–Crippen MR) is 69.7 cm³/mol. The van der Waals surface area contributed by atoms with Gasteiger partial charge in [-0.05, 0) is 31.5 Å². The minimum absolute atomic E-state index is 0.239. The Balaban J connectivity index is 2.12. The molecule has 0 radical (unpaired) electrons. The Labute approximate surface area is 112 Å². The number of nitrogens with two attached hydrogens (primary N) is 1. The van der Waals surface area contributed by atoms with Crippen LogP contribution in [0.1, 0.15) is 25.5 Å². The molecule has 5 heteroatoms. The Morgan fingerprint density at radius 2 is 1.89 bits per heavy atom. The van der Waals surface area contributed by atoms with Crippen molar-refractivity contribution in [1.82, 2.24) is 4.90 Å². The average molecular weight is 270 g/mol. The SMILES string of the molecule is CC(C)N1CCOC(C(N)c2cc(F)cc(F)c2)C1. The third kappa shape index (κ3) is 3.49. The molecule has 0 bridgehead atoms. The minimum Gasteiger partial charge on any atom is -0.374 e. The molecule has 1 aliphatic heterocycles. The summed E-state index contributed by atoms with van der Waals surface area (Å²) in [6, 6.07) is 3.27. The van der Waals surface area contributed by atoms with Gasteiger partial charge in [0, 0.05) is 25.2 Å². The van der Waals surface area contributed by atoms with Crippen molar-refractivity contribution in [1.29, 1.82) is 0 Å². The molecule has 2 rings (SSSR count). The van der Waals surface area contributed by atoms with Crippen molar-refractivity contribution in [3.63, 3.8) is 0 Å². The number of rotatable bonds is 3. The molecule has 2 atom stereocenters. The van der Waals surface area contributed by atoms with Gasteiger partial charge in [0.25, 0.3) is 0 Å². The van der Waals surface area contributed by atoms with Gasteiger partial charge in [-0.25, -0.2) is 8.78 Å². The van der Waals surface area contributed by atoms with Crippen LogP contribution in [-0.4, -0.2) is 36.7 Å². The summed E-state index contributed by atoms with van der Waals surface area (Å²) in [5.74, 6) is -1.22. The van der Waals surface area contributed by atoms with E-state index < -0.39 is 17.7 Å². The van der Waals surface area contributed by atoms with E-state index in [2.05, 4.69) is 18.7 Å². The Bertz CT molecular complexity index is 419. The van der Waals surface area contributed by atoms with Crippen molar-refractivity contribution in [2.24, 2.45) is 5.73 Å². The molecule has 106 valence electrons. The maximum absolute atomic E-state index is 13.2. The van der Waals surface area contributed by atoms with E-state index in [0.29, 0.717) is 24.8 Å². The minimum atomic E-state index is -0.609. The van der Waals surface area contributed by atoms with Gasteiger partial charge in [-0.2, -0.15) is 0 Å². The van der Waals surface area contributed by atoms with Crippen LogP contribution in [0.5, 0.6) is 0 Å². The summed E-state index contributed by atoms with van der Waals surface area (Å²) < 4.78 is 32.1. The van der Waals surface area contributed by atoms with Crippen molar-refractivity contribution in [2.75, 3.05) is 19.7 Å². The molecule has 1 aromatic rings. The molecule has 1 saturated heterocycles. The van der Waals surface area contributed by atoms with Crippen molar-refractivity contribution in [3.05, 3.63) is 35.4 Å². The molecule has 1 heterocycles. The lowest BCUT2D eigenvalue weighted by atomic mass is 10.00. The first-order chi connectivity index (χ1) is 8.97. The van der Waals surface area contributed by atoms with E-state index in [-0.39, 0.29) is 6.10 Å². The van der Waals surface area contributed by atoms with E-state index in [1.165, 1.54) is 12.1 Å². The van der Waals surface area contributed by atoms with Crippen molar-refractivity contribution in [2.45, 2.75) is 32.0 Å².